The van der Waals surface area contributed by atoms with Crippen molar-refractivity contribution in [3.63, 3.8) is 0 Å². The number of carbonyl (C=O) groups excluding carboxylic acids is 1. The van der Waals surface area contributed by atoms with Crippen LogP contribution in [0.2, 0.25) is 0 Å². The molecule has 1 aliphatic heterocycles. The molecule has 1 aliphatic rings. The van der Waals surface area contributed by atoms with E-state index in [1.807, 2.05) is 0 Å². The lowest BCUT2D eigenvalue weighted by molar-refractivity contribution is -0.153. The summed E-state index contributed by atoms with van der Waals surface area (Å²) < 4.78 is 9.87. The number of nitrogens with one attached hydrogen (secondary N) is 1. The van der Waals surface area contributed by atoms with E-state index in [1.165, 1.54) is 0 Å². The van der Waals surface area contributed by atoms with Crippen molar-refractivity contribution in [3.05, 3.63) is 23.6 Å². The second kappa shape index (κ2) is 5.53. The van der Waals surface area contributed by atoms with Gasteiger partial charge in [0, 0.05) is 13.7 Å². The average molecular weight is 213 g/mol. The monoisotopic (exact) mass is 213 g/mol. The molecule has 1 atom stereocenters. The van der Waals surface area contributed by atoms with Gasteiger partial charge in [0.25, 0.3) is 12.2 Å². The van der Waals surface area contributed by atoms with Crippen molar-refractivity contribution in [2.75, 3.05) is 13.7 Å². The van der Waals surface area contributed by atoms with E-state index >= 15 is 0 Å². The van der Waals surface area contributed by atoms with Gasteiger partial charge in [-0.1, -0.05) is 6.08 Å². The van der Waals surface area contributed by atoms with E-state index in [4.69, 9.17) is 14.6 Å². The van der Waals surface area contributed by atoms with Crippen LogP contribution in [0.5, 0.6) is 0 Å². The van der Waals surface area contributed by atoms with E-state index in [1.54, 1.807) is 26.2 Å². The maximum Gasteiger partial charge on any atom is 0.293 e. The van der Waals surface area contributed by atoms with Crippen LogP contribution in [-0.2, 0) is 14.3 Å². The first-order valence-electron chi connectivity index (χ1n) is 4.70. The number of amides is 1. The Morgan fingerprint density at radius 2 is 2.40 bits per heavy atom. The quantitative estimate of drug-likeness (QED) is 0.660. The van der Waals surface area contributed by atoms with Crippen molar-refractivity contribution in [2.24, 2.45) is 0 Å². The normalized spacial score (nSPS) is 26.6. The standard InChI is InChI=1S/C10H15NO4/c1-3-8-7(5-4-6-14-2)11-9(12)10(13)15-8/h3,5,10,13H,4,6H2,1-2H3,(H,11,12)/b7-5+,8-3+. The number of aliphatic hydroxyl groups is 1. The number of methoxy groups -OCH3 is 1. The van der Waals surface area contributed by atoms with Gasteiger partial charge >= 0.3 is 0 Å². The first kappa shape index (κ1) is 11.7. The molecule has 1 amide bonds. The molecule has 0 aromatic rings. The summed E-state index contributed by atoms with van der Waals surface area (Å²) in [4.78, 5) is 11.1. The summed E-state index contributed by atoms with van der Waals surface area (Å²) in [6, 6.07) is 0. The highest BCUT2D eigenvalue weighted by Gasteiger charge is 2.26. The minimum atomic E-state index is -1.42. The summed E-state index contributed by atoms with van der Waals surface area (Å²) >= 11 is 0. The third-order valence-corrected chi connectivity index (χ3v) is 1.92. The van der Waals surface area contributed by atoms with E-state index in [9.17, 15) is 4.79 Å². The molecule has 2 N–H and O–H groups in total. The minimum absolute atomic E-state index is 0.471. The molecule has 1 rings (SSSR count). The zero-order valence-corrected chi connectivity index (χ0v) is 8.82. The molecule has 84 valence electrons. The van der Waals surface area contributed by atoms with Crippen LogP contribution in [0.1, 0.15) is 13.3 Å². The van der Waals surface area contributed by atoms with Crippen molar-refractivity contribution >= 4 is 5.91 Å². The van der Waals surface area contributed by atoms with Gasteiger partial charge in [-0.15, -0.1) is 0 Å². The van der Waals surface area contributed by atoms with Crippen LogP contribution in [0, 0.1) is 0 Å². The number of carbonyl (C=O) groups is 1. The van der Waals surface area contributed by atoms with Crippen molar-refractivity contribution in [1.29, 1.82) is 0 Å². The largest absolute Gasteiger partial charge is 0.454 e. The molecule has 1 saturated heterocycles. The van der Waals surface area contributed by atoms with Gasteiger partial charge in [0.05, 0.1) is 5.70 Å². The van der Waals surface area contributed by atoms with E-state index in [2.05, 4.69) is 5.32 Å². The third kappa shape index (κ3) is 3.07. The SMILES string of the molecule is C/C=C1/OC(O)C(=O)N/C1=C/CCOC. The zero-order valence-electron chi connectivity index (χ0n) is 8.82. The molecule has 0 radical (unpaired) electrons. The molecular formula is C10H15NO4. The van der Waals surface area contributed by atoms with Crippen LogP contribution < -0.4 is 5.32 Å². The van der Waals surface area contributed by atoms with Gasteiger partial charge < -0.3 is 19.9 Å². The molecule has 0 aromatic carbocycles. The number of ether oxygens (including phenoxy) is 2. The second-order valence-corrected chi connectivity index (χ2v) is 3.01. The Labute approximate surface area is 88.4 Å². The molecule has 15 heavy (non-hydrogen) atoms. The first-order valence-corrected chi connectivity index (χ1v) is 4.70. The zero-order chi connectivity index (χ0) is 11.3. The topological polar surface area (TPSA) is 67.8 Å². The second-order valence-electron chi connectivity index (χ2n) is 3.01. The Morgan fingerprint density at radius 1 is 1.67 bits per heavy atom. The van der Waals surface area contributed by atoms with Crippen LogP contribution in [0.25, 0.3) is 0 Å². The molecule has 0 bridgehead atoms. The van der Waals surface area contributed by atoms with Crippen molar-refractivity contribution in [1.82, 2.24) is 5.32 Å². The number of hydrogen-bond donors (Lipinski definition) is 2. The van der Waals surface area contributed by atoms with Crippen molar-refractivity contribution in [2.45, 2.75) is 19.6 Å². The highest BCUT2D eigenvalue weighted by Crippen LogP contribution is 2.16. The number of aliphatic hydroxyl groups excluding tert-OH is 1. The van der Waals surface area contributed by atoms with Crippen LogP contribution >= 0.6 is 0 Å². The lowest BCUT2D eigenvalue weighted by Gasteiger charge is -2.24. The number of allylic oxidation sites excluding steroid dienone is 1. The summed E-state index contributed by atoms with van der Waals surface area (Å²) in [5, 5.41) is 11.7. The summed E-state index contributed by atoms with van der Waals surface area (Å²) in [7, 11) is 1.61. The van der Waals surface area contributed by atoms with E-state index in [0.717, 1.165) is 0 Å². The van der Waals surface area contributed by atoms with E-state index < -0.39 is 12.2 Å². The van der Waals surface area contributed by atoms with Gasteiger partial charge in [-0.25, -0.2) is 0 Å². The molecule has 1 fully saturated rings. The predicted octanol–water partition coefficient (Wildman–Crippen LogP) is 0.275. The molecule has 0 spiro atoms. The summed E-state index contributed by atoms with van der Waals surface area (Å²) in [6.45, 7) is 2.34. The van der Waals surface area contributed by atoms with Crippen LogP contribution in [0.15, 0.2) is 23.6 Å². The molecule has 5 nitrogen and oxygen atoms in total. The fourth-order valence-electron chi connectivity index (χ4n) is 1.19. The summed E-state index contributed by atoms with van der Waals surface area (Å²) in [5.74, 6) is -0.0810. The Kier molecular flexibility index (Phi) is 4.33. The smallest absolute Gasteiger partial charge is 0.293 e. The molecule has 0 saturated carbocycles. The van der Waals surface area contributed by atoms with Gasteiger partial charge in [0.1, 0.15) is 5.76 Å². The van der Waals surface area contributed by atoms with Gasteiger partial charge in [0.2, 0.25) is 0 Å². The Hall–Kier alpha value is -1.33. The number of rotatable bonds is 3. The Balaban J connectivity index is 2.69. The van der Waals surface area contributed by atoms with Gasteiger partial charge in [-0.05, 0) is 19.4 Å². The number of hydrogen-bond acceptors (Lipinski definition) is 4. The molecular weight excluding hydrogens is 198 g/mol. The highest BCUT2D eigenvalue weighted by atomic mass is 16.6. The molecule has 5 heteroatoms. The lowest BCUT2D eigenvalue weighted by Crippen LogP contribution is -2.41. The van der Waals surface area contributed by atoms with Gasteiger partial charge in [-0.3, -0.25) is 4.79 Å². The highest BCUT2D eigenvalue weighted by molar-refractivity contribution is 5.83. The van der Waals surface area contributed by atoms with E-state index in [-0.39, 0.29) is 0 Å². The van der Waals surface area contributed by atoms with E-state index in [0.29, 0.717) is 24.5 Å². The van der Waals surface area contributed by atoms with Crippen LogP contribution in [0.3, 0.4) is 0 Å². The van der Waals surface area contributed by atoms with Crippen LogP contribution in [0.4, 0.5) is 0 Å². The Bertz CT molecular complexity index is 296. The minimum Gasteiger partial charge on any atom is -0.454 e. The molecule has 0 aromatic heterocycles. The van der Waals surface area contributed by atoms with Crippen LogP contribution in [-0.4, -0.2) is 31.0 Å². The van der Waals surface area contributed by atoms with Gasteiger partial charge in [0.15, 0.2) is 0 Å². The molecule has 1 heterocycles. The van der Waals surface area contributed by atoms with Crippen molar-refractivity contribution < 1.29 is 19.4 Å². The Morgan fingerprint density at radius 3 is 3.00 bits per heavy atom. The number of morpholine rings is 1. The summed E-state index contributed by atoms with van der Waals surface area (Å²) in [5.41, 5.74) is 0.574. The third-order valence-electron chi connectivity index (χ3n) is 1.92. The van der Waals surface area contributed by atoms with Crippen molar-refractivity contribution in [3.8, 4) is 0 Å². The lowest BCUT2D eigenvalue weighted by atomic mass is 10.2. The first-order chi connectivity index (χ1) is 7.19. The maximum atomic E-state index is 11.1. The average Bonchev–Trinajstić information content (AvgIpc) is 2.23. The maximum absolute atomic E-state index is 11.1. The molecule has 1 unspecified atom stereocenters. The summed E-state index contributed by atoms with van der Waals surface area (Å²) in [6.07, 6.45) is 2.73. The van der Waals surface area contributed by atoms with Gasteiger partial charge in [-0.2, -0.15) is 0 Å². The fourth-order valence-corrected chi connectivity index (χ4v) is 1.19. The fraction of sp³-hybridized carbons (Fsp3) is 0.500. The molecule has 0 aliphatic carbocycles. The predicted molar refractivity (Wildman–Crippen MR) is 53.6 cm³/mol.